The first kappa shape index (κ1) is 32.1. The Morgan fingerprint density at radius 1 is 0.362 bits per heavy atom. The molecule has 0 amide bonds. The van der Waals surface area contributed by atoms with Crippen molar-refractivity contribution in [1.82, 2.24) is 0 Å². The standard InChI is InChI=1S/C44H44O2Si/c1-33-17-21-35(22-18-33)43(3,4)37-25-29-39(30-26-37)45-47(41-13-9-7-10-14-41,42-15-11-8-12-16-42)46-40-31-27-38(28-32-40)44(5,6)36-23-19-34(2)20-24-36/h7-32H,1-6H3. The zero-order valence-corrected chi connectivity index (χ0v) is 29.3. The molecule has 0 aromatic heterocycles. The van der Waals surface area contributed by atoms with Gasteiger partial charge in [-0.25, -0.2) is 0 Å². The minimum absolute atomic E-state index is 0.149. The van der Waals surface area contributed by atoms with Gasteiger partial charge in [0.05, 0.1) is 0 Å². The van der Waals surface area contributed by atoms with Crippen LogP contribution in [0.25, 0.3) is 0 Å². The fourth-order valence-corrected chi connectivity index (χ4v) is 9.27. The van der Waals surface area contributed by atoms with Crippen LogP contribution in [-0.4, -0.2) is 8.56 Å². The molecule has 0 radical (unpaired) electrons. The molecule has 236 valence electrons. The molecular formula is C44H44O2Si. The molecule has 0 saturated carbocycles. The number of rotatable bonds is 10. The molecule has 0 saturated heterocycles. The normalized spacial score (nSPS) is 12.0. The van der Waals surface area contributed by atoms with E-state index in [4.69, 9.17) is 8.85 Å². The van der Waals surface area contributed by atoms with Gasteiger partial charge in [-0.05, 0) is 60.4 Å². The van der Waals surface area contributed by atoms with Gasteiger partial charge in [-0.2, -0.15) is 0 Å². The molecule has 0 aliphatic carbocycles. The van der Waals surface area contributed by atoms with E-state index in [9.17, 15) is 0 Å². The first-order valence-electron chi connectivity index (χ1n) is 16.4. The lowest BCUT2D eigenvalue weighted by Crippen LogP contribution is -2.68. The van der Waals surface area contributed by atoms with E-state index >= 15 is 0 Å². The van der Waals surface area contributed by atoms with E-state index in [0.717, 1.165) is 21.9 Å². The van der Waals surface area contributed by atoms with Crippen LogP contribution < -0.4 is 19.2 Å². The van der Waals surface area contributed by atoms with Crippen LogP contribution in [-0.2, 0) is 10.8 Å². The maximum atomic E-state index is 7.16. The van der Waals surface area contributed by atoms with E-state index in [1.54, 1.807) is 0 Å². The second-order valence-electron chi connectivity index (χ2n) is 13.6. The van der Waals surface area contributed by atoms with Crippen LogP contribution in [0.15, 0.2) is 158 Å². The molecular weight excluding hydrogens is 589 g/mol. The predicted molar refractivity (Wildman–Crippen MR) is 199 cm³/mol. The summed E-state index contributed by atoms with van der Waals surface area (Å²) in [7, 11) is -3.30. The van der Waals surface area contributed by atoms with Gasteiger partial charge in [-0.1, -0.05) is 172 Å². The minimum Gasteiger partial charge on any atom is -0.506 e. The van der Waals surface area contributed by atoms with Crippen molar-refractivity contribution in [3.05, 3.63) is 191 Å². The van der Waals surface area contributed by atoms with Crippen molar-refractivity contribution in [2.75, 3.05) is 0 Å². The zero-order valence-electron chi connectivity index (χ0n) is 28.3. The molecule has 6 aromatic carbocycles. The molecule has 0 heterocycles. The molecule has 0 bridgehead atoms. The van der Waals surface area contributed by atoms with Gasteiger partial charge in [0.15, 0.2) is 0 Å². The summed E-state index contributed by atoms with van der Waals surface area (Å²) in [5.41, 5.74) is 7.26. The van der Waals surface area contributed by atoms with Gasteiger partial charge in [-0.15, -0.1) is 0 Å². The van der Waals surface area contributed by atoms with E-state index in [0.29, 0.717) is 0 Å². The van der Waals surface area contributed by atoms with E-state index in [1.807, 2.05) is 12.1 Å². The van der Waals surface area contributed by atoms with Crippen molar-refractivity contribution in [3.63, 3.8) is 0 Å². The Labute approximate surface area is 281 Å². The van der Waals surface area contributed by atoms with Crippen LogP contribution >= 0.6 is 0 Å². The largest absolute Gasteiger partial charge is 0.531 e. The van der Waals surface area contributed by atoms with Crippen molar-refractivity contribution in [2.45, 2.75) is 52.4 Å². The monoisotopic (exact) mass is 632 g/mol. The third-order valence-corrected chi connectivity index (χ3v) is 12.8. The Kier molecular flexibility index (Phi) is 8.94. The highest BCUT2D eigenvalue weighted by atomic mass is 28.4. The summed E-state index contributed by atoms with van der Waals surface area (Å²) in [6.45, 7) is 13.3. The van der Waals surface area contributed by atoms with E-state index in [2.05, 4.69) is 187 Å². The molecule has 6 rings (SSSR count). The highest BCUT2D eigenvalue weighted by molar-refractivity contribution is 6.93. The van der Waals surface area contributed by atoms with E-state index in [1.165, 1.54) is 33.4 Å². The second-order valence-corrected chi connectivity index (χ2v) is 16.4. The predicted octanol–water partition coefficient (Wildman–Crippen LogP) is 9.67. The molecule has 0 fully saturated rings. The van der Waals surface area contributed by atoms with Crippen molar-refractivity contribution >= 4 is 18.9 Å². The van der Waals surface area contributed by atoms with Gasteiger partial charge in [0.1, 0.15) is 11.5 Å². The smallest absolute Gasteiger partial charge is 0.506 e. The molecule has 2 nitrogen and oxygen atoms in total. The van der Waals surface area contributed by atoms with Crippen molar-refractivity contribution in [1.29, 1.82) is 0 Å². The number of benzene rings is 6. The lowest BCUT2D eigenvalue weighted by Gasteiger charge is -2.33. The minimum atomic E-state index is -3.30. The summed E-state index contributed by atoms with van der Waals surface area (Å²) in [6, 6.07) is 55.6. The number of aryl methyl sites for hydroxylation is 2. The Morgan fingerprint density at radius 3 is 0.936 bits per heavy atom. The van der Waals surface area contributed by atoms with Gasteiger partial charge in [0.25, 0.3) is 0 Å². The summed E-state index contributed by atoms with van der Waals surface area (Å²) in [5.74, 6) is 1.56. The van der Waals surface area contributed by atoms with Crippen LogP contribution in [0, 0.1) is 13.8 Å². The summed E-state index contributed by atoms with van der Waals surface area (Å²) in [6.07, 6.45) is 0. The van der Waals surface area contributed by atoms with Crippen LogP contribution in [0.1, 0.15) is 61.1 Å². The Balaban J connectivity index is 1.37. The first-order chi connectivity index (χ1) is 22.6. The topological polar surface area (TPSA) is 18.5 Å². The molecule has 0 spiro atoms. The average Bonchev–Trinajstić information content (AvgIpc) is 3.09. The highest BCUT2D eigenvalue weighted by Gasteiger charge is 2.47. The van der Waals surface area contributed by atoms with Crippen LogP contribution in [0.4, 0.5) is 0 Å². The van der Waals surface area contributed by atoms with E-state index in [-0.39, 0.29) is 10.8 Å². The maximum absolute atomic E-state index is 7.16. The number of hydrogen-bond donors (Lipinski definition) is 0. The van der Waals surface area contributed by atoms with Crippen LogP contribution in [0.3, 0.4) is 0 Å². The van der Waals surface area contributed by atoms with Gasteiger partial charge in [-0.3, -0.25) is 0 Å². The SMILES string of the molecule is Cc1ccc(C(C)(C)c2ccc(O[Si](Oc3ccc(C(C)(C)c4ccc(C)cc4)cc3)(c3ccccc3)c3ccccc3)cc2)cc1. The average molecular weight is 633 g/mol. The van der Waals surface area contributed by atoms with E-state index < -0.39 is 8.56 Å². The Bertz CT molecular complexity index is 1750. The Morgan fingerprint density at radius 2 is 0.638 bits per heavy atom. The number of hydrogen-bond acceptors (Lipinski definition) is 2. The Hall–Kier alpha value is -4.86. The van der Waals surface area contributed by atoms with Crippen molar-refractivity contribution in [3.8, 4) is 11.5 Å². The molecule has 0 aliphatic heterocycles. The molecule has 0 aliphatic rings. The van der Waals surface area contributed by atoms with Gasteiger partial charge in [0.2, 0.25) is 0 Å². The third-order valence-electron chi connectivity index (χ3n) is 9.53. The van der Waals surface area contributed by atoms with Gasteiger partial charge in [0, 0.05) is 21.2 Å². The summed E-state index contributed by atoms with van der Waals surface area (Å²) < 4.78 is 14.3. The molecule has 0 unspecified atom stereocenters. The second kappa shape index (κ2) is 13.1. The summed E-state index contributed by atoms with van der Waals surface area (Å²) in [4.78, 5) is 0. The fraction of sp³-hybridized carbons (Fsp3) is 0.182. The molecule has 0 atom stereocenters. The molecule has 47 heavy (non-hydrogen) atoms. The van der Waals surface area contributed by atoms with Crippen LogP contribution in [0.5, 0.6) is 11.5 Å². The zero-order chi connectivity index (χ0) is 33.1. The van der Waals surface area contributed by atoms with Crippen molar-refractivity contribution in [2.24, 2.45) is 0 Å². The summed E-state index contributed by atoms with van der Waals surface area (Å²) in [5, 5.41) is 2.08. The third kappa shape index (κ3) is 6.68. The molecule has 6 aromatic rings. The van der Waals surface area contributed by atoms with Gasteiger partial charge < -0.3 is 8.85 Å². The fourth-order valence-electron chi connectivity index (χ4n) is 6.22. The highest BCUT2D eigenvalue weighted by Crippen LogP contribution is 2.35. The quantitative estimate of drug-likeness (QED) is 0.140. The lowest BCUT2D eigenvalue weighted by molar-refractivity contribution is 0.416. The first-order valence-corrected chi connectivity index (χ1v) is 18.2. The van der Waals surface area contributed by atoms with Crippen LogP contribution in [0.2, 0.25) is 0 Å². The molecule has 0 N–H and O–H groups in total. The summed E-state index contributed by atoms with van der Waals surface area (Å²) >= 11 is 0. The lowest BCUT2D eigenvalue weighted by atomic mass is 9.78. The maximum Gasteiger partial charge on any atom is 0.531 e. The van der Waals surface area contributed by atoms with Gasteiger partial charge >= 0.3 is 8.56 Å². The van der Waals surface area contributed by atoms with Crippen molar-refractivity contribution < 1.29 is 8.85 Å². The molecule has 3 heteroatoms.